The van der Waals surface area contributed by atoms with E-state index in [1.807, 2.05) is 19.9 Å². The molecule has 0 unspecified atom stereocenters. The van der Waals surface area contributed by atoms with Gasteiger partial charge in [0, 0.05) is 19.0 Å². The normalized spacial score (nSPS) is 10.9. The number of carbonyl (C=O) groups is 1. The van der Waals surface area contributed by atoms with Crippen LogP contribution in [0.15, 0.2) is 18.2 Å². The smallest absolute Gasteiger partial charge is 0.318 e. The lowest BCUT2D eigenvalue weighted by atomic mass is 10.2. The van der Waals surface area contributed by atoms with Crippen molar-refractivity contribution < 1.29 is 4.79 Å². The summed E-state index contributed by atoms with van der Waals surface area (Å²) in [6.45, 7) is 6.43. The maximum Gasteiger partial charge on any atom is 0.324 e. The first-order chi connectivity index (χ1) is 11.4. The van der Waals surface area contributed by atoms with Crippen molar-refractivity contribution in [2.45, 2.75) is 46.2 Å². The second-order valence-electron chi connectivity index (χ2n) is 5.65. The van der Waals surface area contributed by atoms with E-state index in [2.05, 4.69) is 22.4 Å². The van der Waals surface area contributed by atoms with Crippen LogP contribution >= 0.6 is 34.5 Å². The Hall–Kier alpha value is -1.37. The zero-order valence-corrected chi connectivity index (χ0v) is 16.2. The standard InChI is InChI=1S/C16H20Cl2N4OS/c1-4-5-14-20-21-15(24-14)19-16(23)22(10(2)3)9-11-6-7-12(17)13(18)8-11/h6-8,10H,4-5,9H2,1-3H3,(H,19,21,23). The van der Waals surface area contributed by atoms with Crippen LogP contribution in [0.5, 0.6) is 0 Å². The molecule has 2 amide bonds. The van der Waals surface area contributed by atoms with Gasteiger partial charge in [-0.05, 0) is 38.0 Å². The van der Waals surface area contributed by atoms with Gasteiger partial charge in [-0.25, -0.2) is 4.79 Å². The van der Waals surface area contributed by atoms with E-state index in [-0.39, 0.29) is 12.1 Å². The molecule has 1 N–H and O–H groups in total. The molecule has 0 aliphatic heterocycles. The van der Waals surface area contributed by atoms with E-state index in [1.165, 1.54) is 11.3 Å². The SMILES string of the molecule is CCCc1nnc(NC(=O)N(Cc2ccc(Cl)c(Cl)c2)C(C)C)s1. The van der Waals surface area contributed by atoms with Gasteiger partial charge in [0.15, 0.2) is 0 Å². The predicted octanol–water partition coefficient (Wildman–Crippen LogP) is 5.24. The highest BCUT2D eigenvalue weighted by Gasteiger charge is 2.19. The Labute approximate surface area is 156 Å². The molecule has 5 nitrogen and oxygen atoms in total. The van der Waals surface area contributed by atoms with Crippen LogP contribution in [-0.2, 0) is 13.0 Å². The average Bonchev–Trinajstić information content (AvgIpc) is 2.95. The van der Waals surface area contributed by atoms with Gasteiger partial charge in [-0.3, -0.25) is 5.32 Å². The first-order valence-corrected chi connectivity index (χ1v) is 9.31. The van der Waals surface area contributed by atoms with E-state index < -0.39 is 0 Å². The summed E-state index contributed by atoms with van der Waals surface area (Å²) in [4.78, 5) is 14.3. The van der Waals surface area contributed by atoms with E-state index in [9.17, 15) is 4.79 Å². The molecule has 0 saturated heterocycles. The van der Waals surface area contributed by atoms with Crippen molar-refractivity contribution in [3.05, 3.63) is 38.8 Å². The summed E-state index contributed by atoms with van der Waals surface area (Å²) < 4.78 is 0. The molecule has 24 heavy (non-hydrogen) atoms. The Morgan fingerprint density at radius 1 is 1.29 bits per heavy atom. The highest BCUT2D eigenvalue weighted by atomic mass is 35.5. The fourth-order valence-corrected chi connectivity index (χ4v) is 3.26. The number of aromatic nitrogens is 2. The summed E-state index contributed by atoms with van der Waals surface area (Å²) in [5.41, 5.74) is 0.914. The average molecular weight is 387 g/mol. The topological polar surface area (TPSA) is 58.1 Å². The molecule has 0 aliphatic carbocycles. The first kappa shape index (κ1) is 19.0. The van der Waals surface area contributed by atoms with Crippen LogP contribution in [0.3, 0.4) is 0 Å². The van der Waals surface area contributed by atoms with Gasteiger partial charge >= 0.3 is 6.03 Å². The fourth-order valence-electron chi connectivity index (χ4n) is 2.11. The Kier molecular flexibility index (Phi) is 6.83. The van der Waals surface area contributed by atoms with E-state index in [1.54, 1.807) is 17.0 Å². The highest BCUT2D eigenvalue weighted by Crippen LogP contribution is 2.24. The molecule has 1 aromatic carbocycles. The lowest BCUT2D eigenvalue weighted by molar-refractivity contribution is 0.193. The molecular formula is C16H20Cl2N4OS. The number of urea groups is 1. The van der Waals surface area contributed by atoms with Crippen molar-refractivity contribution in [3.8, 4) is 0 Å². The summed E-state index contributed by atoms with van der Waals surface area (Å²) >= 11 is 13.4. The molecular weight excluding hydrogens is 367 g/mol. The molecule has 130 valence electrons. The van der Waals surface area contributed by atoms with E-state index in [0.29, 0.717) is 21.7 Å². The number of rotatable bonds is 6. The Balaban J connectivity index is 2.07. The van der Waals surface area contributed by atoms with Gasteiger partial charge in [0.2, 0.25) is 5.13 Å². The Morgan fingerprint density at radius 3 is 2.67 bits per heavy atom. The van der Waals surface area contributed by atoms with Gasteiger partial charge in [0.25, 0.3) is 0 Å². The zero-order valence-electron chi connectivity index (χ0n) is 13.8. The van der Waals surface area contributed by atoms with Gasteiger partial charge in [-0.1, -0.05) is 47.5 Å². The van der Waals surface area contributed by atoms with Crippen molar-refractivity contribution in [1.29, 1.82) is 0 Å². The molecule has 0 aliphatic rings. The van der Waals surface area contributed by atoms with Crippen molar-refractivity contribution in [3.63, 3.8) is 0 Å². The summed E-state index contributed by atoms with van der Waals surface area (Å²) in [6, 6.07) is 5.17. The molecule has 0 fully saturated rings. The fraction of sp³-hybridized carbons (Fsp3) is 0.438. The monoisotopic (exact) mass is 386 g/mol. The van der Waals surface area contributed by atoms with Crippen molar-refractivity contribution >= 4 is 45.7 Å². The highest BCUT2D eigenvalue weighted by molar-refractivity contribution is 7.15. The number of amides is 2. The molecule has 0 bridgehead atoms. The molecule has 1 heterocycles. The number of aryl methyl sites for hydroxylation is 1. The molecule has 0 atom stereocenters. The number of anilines is 1. The molecule has 0 saturated carbocycles. The maximum absolute atomic E-state index is 12.6. The predicted molar refractivity (Wildman–Crippen MR) is 100 cm³/mol. The minimum absolute atomic E-state index is 0.0162. The molecule has 1 aromatic heterocycles. The van der Waals surface area contributed by atoms with Crippen molar-refractivity contribution in [2.75, 3.05) is 5.32 Å². The van der Waals surface area contributed by atoms with Crippen LogP contribution in [0, 0.1) is 0 Å². The molecule has 2 rings (SSSR count). The number of nitrogens with one attached hydrogen (secondary N) is 1. The number of benzene rings is 1. The third-order valence-corrected chi connectivity index (χ3v) is 5.00. The lowest BCUT2D eigenvalue weighted by Crippen LogP contribution is -2.39. The quantitative estimate of drug-likeness (QED) is 0.738. The van der Waals surface area contributed by atoms with Gasteiger partial charge in [0.05, 0.1) is 10.0 Å². The minimum Gasteiger partial charge on any atom is -0.318 e. The molecule has 8 heteroatoms. The van der Waals surface area contributed by atoms with Gasteiger partial charge in [0.1, 0.15) is 5.01 Å². The number of hydrogen-bond donors (Lipinski definition) is 1. The van der Waals surface area contributed by atoms with Gasteiger partial charge in [-0.15, -0.1) is 10.2 Å². The first-order valence-electron chi connectivity index (χ1n) is 7.74. The van der Waals surface area contributed by atoms with Gasteiger partial charge in [-0.2, -0.15) is 0 Å². The van der Waals surface area contributed by atoms with Crippen LogP contribution in [0.1, 0.15) is 37.8 Å². The summed E-state index contributed by atoms with van der Waals surface area (Å²) in [6.07, 6.45) is 1.86. The second kappa shape index (κ2) is 8.65. The molecule has 2 aromatic rings. The van der Waals surface area contributed by atoms with Crippen LogP contribution in [0.2, 0.25) is 10.0 Å². The van der Waals surface area contributed by atoms with Crippen LogP contribution < -0.4 is 5.32 Å². The maximum atomic E-state index is 12.6. The summed E-state index contributed by atoms with van der Waals surface area (Å²) in [5, 5.41) is 13.3. The van der Waals surface area contributed by atoms with Gasteiger partial charge < -0.3 is 4.90 Å². The van der Waals surface area contributed by atoms with Crippen molar-refractivity contribution in [2.24, 2.45) is 0 Å². The summed E-state index contributed by atoms with van der Waals surface area (Å²) in [5.74, 6) is 0. The lowest BCUT2D eigenvalue weighted by Gasteiger charge is -2.26. The largest absolute Gasteiger partial charge is 0.324 e. The number of hydrogen-bond acceptors (Lipinski definition) is 4. The molecule has 0 radical (unpaired) electrons. The third-order valence-electron chi connectivity index (χ3n) is 3.37. The number of carbonyl (C=O) groups excluding carboxylic acids is 1. The number of nitrogens with zero attached hydrogens (tertiary/aromatic N) is 3. The van der Waals surface area contributed by atoms with Crippen molar-refractivity contribution in [1.82, 2.24) is 15.1 Å². The van der Waals surface area contributed by atoms with E-state index in [4.69, 9.17) is 23.2 Å². The Morgan fingerprint density at radius 2 is 2.04 bits per heavy atom. The second-order valence-corrected chi connectivity index (χ2v) is 7.53. The Bertz CT molecular complexity index is 705. The third kappa shape index (κ3) is 5.06. The minimum atomic E-state index is -0.213. The van der Waals surface area contributed by atoms with E-state index in [0.717, 1.165) is 23.4 Å². The van der Waals surface area contributed by atoms with E-state index >= 15 is 0 Å². The number of halogens is 2. The zero-order chi connectivity index (χ0) is 17.7. The summed E-state index contributed by atoms with van der Waals surface area (Å²) in [7, 11) is 0. The van der Waals surface area contributed by atoms with Crippen LogP contribution in [0.4, 0.5) is 9.93 Å². The molecule has 0 spiro atoms. The van der Waals surface area contributed by atoms with Crippen LogP contribution in [0.25, 0.3) is 0 Å². The van der Waals surface area contributed by atoms with Crippen LogP contribution in [-0.4, -0.2) is 27.2 Å².